The predicted molar refractivity (Wildman–Crippen MR) is 72.1 cm³/mol. The van der Waals surface area contributed by atoms with Gasteiger partial charge in [-0.3, -0.25) is 4.79 Å². The first-order valence-electron chi connectivity index (χ1n) is 6.56. The third-order valence-electron chi connectivity index (χ3n) is 3.48. The summed E-state index contributed by atoms with van der Waals surface area (Å²) < 4.78 is 13.6. The van der Waals surface area contributed by atoms with Crippen LogP contribution in [0.2, 0.25) is 0 Å². The number of hydrogen-bond acceptors (Lipinski definition) is 1. The number of nitrogens with one attached hydrogen (secondary N) is 1. The van der Waals surface area contributed by atoms with E-state index in [0.29, 0.717) is 5.92 Å². The molecule has 1 unspecified atom stereocenters. The predicted octanol–water partition coefficient (Wildman–Crippen LogP) is 3.69. The highest BCUT2D eigenvalue weighted by molar-refractivity contribution is 5.94. The fraction of sp³-hybridized carbons (Fsp3) is 0.533. The van der Waals surface area contributed by atoms with Crippen LogP contribution in [-0.2, 0) is 0 Å². The van der Waals surface area contributed by atoms with E-state index < -0.39 is 5.82 Å². The number of amides is 1. The van der Waals surface area contributed by atoms with E-state index in [0.717, 1.165) is 18.4 Å². The summed E-state index contributed by atoms with van der Waals surface area (Å²) in [6, 6.07) is 4.65. The summed E-state index contributed by atoms with van der Waals surface area (Å²) in [5.41, 5.74) is 1.02. The maximum Gasteiger partial charge on any atom is 0.254 e. The number of hydrogen-bond donors (Lipinski definition) is 1. The normalized spacial score (nSPS) is 12.6. The second kappa shape index (κ2) is 6.53. The highest BCUT2D eigenvalue weighted by atomic mass is 19.1. The SMILES string of the molecule is CCC(CC)C(C)NC(=O)c1cc(C)ccc1F. The minimum atomic E-state index is -0.463. The van der Waals surface area contributed by atoms with E-state index in [2.05, 4.69) is 19.2 Å². The molecule has 0 aliphatic heterocycles. The minimum Gasteiger partial charge on any atom is -0.349 e. The summed E-state index contributed by atoms with van der Waals surface area (Å²) in [4.78, 5) is 12.0. The van der Waals surface area contributed by atoms with Gasteiger partial charge in [-0.05, 0) is 31.9 Å². The average Bonchev–Trinajstić information content (AvgIpc) is 2.33. The van der Waals surface area contributed by atoms with Crippen molar-refractivity contribution in [1.29, 1.82) is 0 Å². The fourth-order valence-corrected chi connectivity index (χ4v) is 2.21. The van der Waals surface area contributed by atoms with Crippen molar-refractivity contribution in [3.05, 3.63) is 35.1 Å². The number of rotatable bonds is 5. The number of carbonyl (C=O) groups excluding carboxylic acids is 1. The van der Waals surface area contributed by atoms with Gasteiger partial charge in [0.1, 0.15) is 5.82 Å². The smallest absolute Gasteiger partial charge is 0.254 e. The Balaban J connectivity index is 2.79. The Labute approximate surface area is 109 Å². The number of carbonyl (C=O) groups is 1. The lowest BCUT2D eigenvalue weighted by molar-refractivity contribution is 0.0921. The van der Waals surface area contributed by atoms with Crippen LogP contribution in [0.15, 0.2) is 18.2 Å². The Kier molecular flexibility index (Phi) is 5.32. The van der Waals surface area contributed by atoms with Crippen molar-refractivity contribution in [3.8, 4) is 0 Å². The van der Waals surface area contributed by atoms with E-state index >= 15 is 0 Å². The largest absolute Gasteiger partial charge is 0.349 e. The molecule has 1 atom stereocenters. The first kappa shape index (κ1) is 14.7. The van der Waals surface area contributed by atoms with E-state index in [4.69, 9.17) is 0 Å². The molecule has 3 heteroatoms. The van der Waals surface area contributed by atoms with Crippen LogP contribution in [0.3, 0.4) is 0 Å². The molecule has 0 aliphatic rings. The summed E-state index contributed by atoms with van der Waals surface area (Å²) in [6.45, 7) is 8.03. The molecule has 0 aromatic heterocycles. The van der Waals surface area contributed by atoms with Crippen LogP contribution in [0, 0.1) is 18.7 Å². The van der Waals surface area contributed by atoms with Crippen LogP contribution >= 0.6 is 0 Å². The number of benzene rings is 1. The van der Waals surface area contributed by atoms with Crippen molar-refractivity contribution < 1.29 is 9.18 Å². The highest BCUT2D eigenvalue weighted by Crippen LogP contribution is 2.15. The molecule has 0 saturated carbocycles. The number of halogens is 1. The molecule has 0 bridgehead atoms. The quantitative estimate of drug-likeness (QED) is 0.849. The Bertz CT molecular complexity index is 413. The summed E-state index contributed by atoms with van der Waals surface area (Å²) >= 11 is 0. The topological polar surface area (TPSA) is 29.1 Å². The van der Waals surface area contributed by atoms with Gasteiger partial charge in [-0.2, -0.15) is 0 Å². The lowest BCUT2D eigenvalue weighted by atomic mass is 9.95. The average molecular weight is 251 g/mol. The van der Waals surface area contributed by atoms with Gasteiger partial charge in [0.05, 0.1) is 5.56 Å². The highest BCUT2D eigenvalue weighted by Gasteiger charge is 2.18. The van der Waals surface area contributed by atoms with Crippen molar-refractivity contribution in [2.75, 3.05) is 0 Å². The van der Waals surface area contributed by atoms with Crippen molar-refractivity contribution in [3.63, 3.8) is 0 Å². The van der Waals surface area contributed by atoms with Crippen LogP contribution in [0.25, 0.3) is 0 Å². The molecule has 1 N–H and O–H groups in total. The third kappa shape index (κ3) is 3.56. The van der Waals surface area contributed by atoms with Gasteiger partial charge in [-0.15, -0.1) is 0 Å². The molecule has 2 nitrogen and oxygen atoms in total. The molecule has 0 heterocycles. The van der Waals surface area contributed by atoms with E-state index in [1.807, 2.05) is 13.8 Å². The summed E-state index contributed by atoms with van der Waals surface area (Å²) in [5.74, 6) is -0.354. The molecular formula is C15H22FNO. The van der Waals surface area contributed by atoms with Gasteiger partial charge in [0.2, 0.25) is 0 Å². The second-order valence-electron chi connectivity index (χ2n) is 4.82. The molecule has 1 aromatic carbocycles. The van der Waals surface area contributed by atoms with Crippen LogP contribution in [0.4, 0.5) is 4.39 Å². The Morgan fingerprint density at radius 1 is 1.33 bits per heavy atom. The number of aryl methyl sites for hydroxylation is 1. The zero-order valence-electron chi connectivity index (χ0n) is 11.6. The van der Waals surface area contributed by atoms with Gasteiger partial charge in [-0.25, -0.2) is 4.39 Å². The lowest BCUT2D eigenvalue weighted by Crippen LogP contribution is -2.38. The molecule has 0 radical (unpaired) electrons. The molecule has 18 heavy (non-hydrogen) atoms. The zero-order valence-corrected chi connectivity index (χ0v) is 11.6. The maximum atomic E-state index is 13.6. The van der Waals surface area contributed by atoms with E-state index in [-0.39, 0.29) is 17.5 Å². The van der Waals surface area contributed by atoms with Gasteiger partial charge in [0.15, 0.2) is 0 Å². The van der Waals surface area contributed by atoms with Gasteiger partial charge in [0, 0.05) is 6.04 Å². The van der Waals surface area contributed by atoms with Gasteiger partial charge in [-0.1, -0.05) is 38.3 Å². The Hall–Kier alpha value is -1.38. The molecule has 100 valence electrons. The maximum absolute atomic E-state index is 13.6. The van der Waals surface area contributed by atoms with Crippen LogP contribution < -0.4 is 5.32 Å². The van der Waals surface area contributed by atoms with Crippen molar-refractivity contribution in [1.82, 2.24) is 5.32 Å². The van der Waals surface area contributed by atoms with Crippen LogP contribution in [0.1, 0.15) is 49.5 Å². The molecule has 0 aliphatic carbocycles. The van der Waals surface area contributed by atoms with Gasteiger partial charge < -0.3 is 5.32 Å². The van der Waals surface area contributed by atoms with Gasteiger partial charge in [0.25, 0.3) is 5.91 Å². The van der Waals surface area contributed by atoms with Crippen LogP contribution in [-0.4, -0.2) is 11.9 Å². The summed E-state index contributed by atoms with van der Waals surface area (Å²) in [6.07, 6.45) is 2.02. The zero-order chi connectivity index (χ0) is 13.7. The second-order valence-corrected chi connectivity index (χ2v) is 4.82. The first-order chi connectivity index (χ1) is 8.49. The molecular weight excluding hydrogens is 229 g/mol. The van der Waals surface area contributed by atoms with Crippen molar-refractivity contribution in [2.24, 2.45) is 5.92 Å². The Morgan fingerprint density at radius 2 is 1.94 bits per heavy atom. The van der Waals surface area contributed by atoms with Crippen molar-refractivity contribution >= 4 is 5.91 Å². The van der Waals surface area contributed by atoms with E-state index in [1.54, 1.807) is 12.1 Å². The minimum absolute atomic E-state index is 0.0624. The van der Waals surface area contributed by atoms with Crippen LogP contribution in [0.5, 0.6) is 0 Å². The van der Waals surface area contributed by atoms with E-state index in [1.165, 1.54) is 6.07 Å². The fourth-order valence-electron chi connectivity index (χ4n) is 2.21. The molecule has 0 saturated heterocycles. The molecule has 0 fully saturated rings. The Morgan fingerprint density at radius 3 is 2.50 bits per heavy atom. The lowest BCUT2D eigenvalue weighted by Gasteiger charge is -2.22. The molecule has 0 spiro atoms. The van der Waals surface area contributed by atoms with E-state index in [9.17, 15) is 9.18 Å². The first-order valence-corrected chi connectivity index (χ1v) is 6.56. The molecule has 1 aromatic rings. The van der Waals surface area contributed by atoms with Gasteiger partial charge >= 0.3 is 0 Å². The molecule has 1 amide bonds. The monoisotopic (exact) mass is 251 g/mol. The standard InChI is InChI=1S/C15H22FNO/c1-5-12(6-2)11(4)17-15(18)13-9-10(3)7-8-14(13)16/h7-9,11-12H,5-6H2,1-4H3,(H,17,18). The van der Waals surface area contributed by atoms with Crippen molar-refractivity contribution in [2.45, 2.75) is 46.6 Å². The summed E-state index contributed by atoms with van der Waals surface area (Å²) in [5, 5.41) is 2.89. The molecule has 1 rings (SSSR count). The third-order valence-corrected chi connectivity index (χ3v) is 3.48. The summed E-state index contributed by atoms with van der Waals surface area (Å²) in [7, 11) is 0.